The van der Waals surface area contributed by atoms with Crippen molar-refractivity contribution in [1.82, 2.24) is 24.6 Å². The Kier molecular flexibility index (Phi) is 4.11. The molecule has 2 aromatic heterocycles. The summed E-state index contributed by atoms with van der Waals surface area (Å²) in [7, 11) is 4.19. The lowest BCUT2D eigenvalue weighted by Gasteiger charge is -2.29. The molecule has 118 valence electrons. The van der Waals surface area contributed by atoms with E-state index in [2.05, 4.69) is 52.4 Å². The van der Waals surface area contributed by atoms with E-state index in [1.54, 1.807) is 12.4 Å². The SMILES string of the molecule is CC(C)n1nc(CN(C)C)c2c1CN(c1cnccn1)CC2. The van der Waals surface area contributed by atoms with Crippen LogP contribution in [0.4, 0.5) is 5.82 Å². The standard InChI is InChI=1S/C16H24N6/c1-12(2)22-15-11-21(16-9-17-6-7-18-16)8-5-13(15)14(19-22)10-20(3)4/h6-7,9,12H,5,8,10-11H2,1-4H3. The third-order valence-electron chi connectivity index (χ3n) is 4.00. The van der Waals surface area contributed by atoms with Gasteiger partial charge in [-0.3, -0.25) is 9.67 Å². The van der Waals surface area contributed by atoms with E-state index in [0.717, 1.165) is 31.9 Å². The van der Waals surface area contributed by atoms with Crippen LogP contribution in [-0.2, 0) is 19.5 Å². The van der Waals surface area contributed by atoms with Gasteiger partial charge in [0.25, 0.3) is 0 Å². The molecule has 6 nitrogen and oxygen atoms in total. The van der Waals surface area contributed by atoms with Crippen molar-refractivity contribution in [3.63, 3.8) is 0 Å². The van der Waals surface area contributed by atoms with Crippen molar-refractivity contribution < 1.29 is 0 Å². The highest BCUT2D eigenvalue weighted by Gasteiger charge is 2.26. The zero-order chi connectivity index (χ0) is 15.7. The van der Waals surface area contributed by atoms with Gasteiger partial charge in [-0.2, -0.15) is 5.10 Å². The molecule has 0 saturated heterocycles. The first-order valence-electron chi connectivity index (χ1n) is 7.81. The van der Waals surface area contributed by atoms with Gasteiger partial charge in [-0.25, -0.2) is 4.98 Å². The van der Waals surface area contributed by atoms with Gasteiger partial charge >= 0.3 is 0 Å². The van der Waals surface area contributed by atoms with Gasteiger partial charge in [-0.1, -0.05) is 0 Å². The summed E-state index contributed by atoms with van der Waals surface area (Å²) in [5.41, 5.74) is 3.96. The van der Waals surface area contributed by atoms with E-state index in [1.165, 1.54) is 17.0 Å². The molecule has 1 aliphatic rings. The summed E-state index contributed by atoms with van der Waals surface area (Å²) in [4.78, 5) is 13.1. The van der Waals surface area contributed by atoms with E-state index >= 15 is 0 Å². The summed E-state index contributed by atoms with van der Waals surface area (Å²) in [6.07, 6.45) is 6.32. The normalized spacial score (nSPS) is 14.7. The van der Waals surface area contributed by atoms with E-state index in [0.29, 0.717) is 6.04 Å². The molecule has 0 spiro atoms. The van der Waals surface area contributed by atoms with Crippen LogP contribution < -0.4 is 4.90 Å². The minimum Gasteiger partial charge on any atom is -0.349 e. The minimum atomic E-state index is 0.367. The Balaban J connectivity index is 1.94. The van der Waals surface area contributed by atoms with Crippen molar-refractivity contribution >= 4 is 5.82 Å². The lowest BCUT2D eigenvalue weighted by molar-refractivity contribution is 0.390. The van der Waals surface area contributed by atoms with Crippen LogP contribution >= 0.6 is 0 Å². The van der Waals surface area contributed by atoms with Gasteiger partial charge in [0.2, 0.25) is 0 Å². The molecule has 0 amide bonds. The highest BCUT2D eigenvalue weighted by molar-refractivity contribution is 5.42. The monoisotopic (exact) mass is 300 g/mol. The number of nitrogens with zero attached hydrogens (tertiary/aromatic N) is 6. The van der Waals surface area contributed by atoms with Crippen LogP contribution in [0, 0.1) is 0 Å². The summed E-state index contributed by atoms with van der Waals surface area (Å²) in [5.74, 6) is 0.943. The number of fused-ring (bicyclic) bond motifs is 1. The molecule has 0 aliphatic carbocycles. The summed E-state index contributed by atoms with van der Waals surface area (Å²) < 4.78 is 2.18. The molecular weight excluding hydrogens is 276 g/mol. The number of hydrogen-bond donors (Lipinski definition) is 0. The maximum absolute atomic E-state index is 4.87. The average molecular weight is 300 g/mol. The molecular formula is C16H24N6. The van der Waals surface area contributed by atoms with Crippen molar-refractivity contribution in [2.75, 3.05) is 25.5 Å². The Morgan fingerprint density at radius 2 is 2.09 bits per heavy atom. The van der Waals surface area contributed by atoms with Crippen molar-refractivity contribution in [2.45, 2.75) is 39.4 Å². The van der Waals surface area contributed by atoms with Gasteiger partial charge in [-0.15, -0.1) is 0 Å². The molecule has 0 fully saturated rings. The van der Waals surface area contributed by atoms with Gasteiger partial charge in [0.05, 0.1) is 24.1 Å². The fraction of sp³-hybridized carbons (Fsp3) is 0.562. The van der Waals surface area contributed by atoms with Crippen molar-refractivity contribution in [2.24, 2.45) is 0 Å². The maximum Gasteiger partial charge on any atom is 0.147 e. The van der Waals surface area contributed by atoms with Gasteiger partial charge < -0.3 is 9.80 Å². The maximum atomic E-state index is 4.87. The molecule has 0 unspecified atom stereocenters. The van der Waals surface area contributed by atoms with Crippen LogP contribution in [0.25, 0.3) is 0 Å². The Bertz CT molecular complexity index is 632. The smallest absolute Gasteiger partial charge is 0.147 e. The van der Waals surface area contributed by atoms with Gasteiger partial charge in [0.1, 0.15) is 5.82 Å². The van der Waals surface area contributed by atoms with Gasteiger partial charge in [0.15, 0.2) is 0 Å². The quantitative estimate of drug-likeness (QED) is 0.863. The van der Waals surface area contributed by atoms with Crippen LogP contribution in [0.1, 0.15) is 36.8 Å². The van der Waals surface area contributed by atoms with Crippen LogP contribution in [0.5, 0.6) is 0 Å². The Morgan fingerprint density at radius 3 is 2.73 bits per heavy atom. The first kappa shape index (κ1) is 15.0. The van der Waals surface area contributed by atoms with Crippen LogP contribution in [0.3, 0.4) is 0 Å². The second-order valence-electron chi connectivity index (χ2n) is 6.38. The average Bonchev–Trinajstić information content (AvgIpc) is 2.86. The van der Waals surface area contributed by atoms with E-state index in [-0.39, 0.29) is 0 Å². The first-order chi connectivity index (χ1) is 10.6. The molecule has 6 heteroatoms. The molecule has 0 bridgehead atoms. The number of anilines is 1. The summed E-state index contributed by atoms with van der Waals surface area (Å²) >= 11 is 0. The predicted molar refractivity (Wildman–Crippen MR) is 86.8 cm³/mol. The topological polar surface area (TPSA) is 50.1 Å². The third-order valence-corrected chi connectivity index (χ3v) is 4.00. The van der Waals surface area contributed by atoms with Crippen molar-refractivity contribution in [1.29, 1.82) is 0 Å². The number of rotatable bonds is 4. The fourth-order valence-corrected chi connectivity index (χ4v) is 3.02. The molecule has 0 aromatic carbocycles. The Labute approximate surface area is 131 Å². The fourth-order valence-electron chi connectivity index (χ4n) is 3.02. The van der Waals surface area contributed by atoms with Crippen LogP contribution in [-0.4, -0.2) is 45.3 Å². The largest absolute Gasteiger partial charge is 0.349 e. The number of aromatic nitrogens is 4. The number of hydrogen-bond acceptors (Lipinski definition) is 5. The van der Waals surface area contributed by atoms with Gasteiger partial charge in [-0.05, 0) is 34.4 Å². The molecule has 3 rings (SSSR count). The highest BCUT2D eigenvalue weighted by atomic mass is 15.3. The van der Waals surface area contributed by atoms with Crippen LogP contribution in [0.2, 0.25) is 0 Å². The molecule has 22 heavy (non-hydrogen) atoms. The summed E-state index contributed by atoms with van der Waals surface area (Å²) in [6, 6.07) is 0.367. The second-order valence-corrected chi connectivity index (χ2v) is 6.38. The van der Waals surface area contributed by atoms with E-state index in [9.17, 15) is 0 Å². The third kappa shape index (κ3) is 2.83. The molecule has 0 atom stereocenters. The van der Waals surface area contributed by atoms with Gasteiger partial charge in [0, 0.05) is 37.1 Å². The first-order valence-corrected chi connectivity index (χ1v) is 7.81. The highest BCUT2D eigenvalue weighted by Crippen LogP contribution is 2.27. The lowest BCUT2D eigenvalue weighted by atomic mass is 10.0. The molecule has 1 aliphatic heterocycles. The molecule has 0 radical (unpaired) electrons. The van der Waals surface area contributed by atoms with Crippen LogP contribution in [0.15, 0.2) is 18.6 Å². The second kappa shape index (κ2) is 6.04. The molecule has 3 heterocycles. The van der Waals surface area contributed by atoms with Crippen molar-refractivity contribution in [3.8, 4) is 0 Å². The van der Waals surface area contributed by atoms with Crippen molar-refractivity contribution in [3.05, 3.63) is 35.5 Å². The van der Waals surface area contributed by atoms with E-state index < -0.39 is 0 Å². The summed E-state index contributed by atoms with van der Waals surface area (Å²) in [5, 5.41) is 4.87. The Morgan fingerprint density at radius 1 is 1.27 bits per heavy atom. The predicted octanol–water partition coefficient (Wildman–Crippen LogP) is 1.88. The molecule has 0 N–H and O–H groups in total. The summed E-state index contributed by atoms with van der Waals surface area (Å²) in [6.45, 7) is 7.09. The van der Waals surface area contributed by atoms with E-state index in [1.807, 2.05) is 6.20 Å². The van der Waals surface area contributed by atoms with E-state index in [4.69, 9.17) is 5.10 Å². The zero-order valence-electron chi connectivity index (χ0n) is 13.8. The molecule has 2 aromatic rings. The zero-order valence-corrected chi connectivity index (χ0v) is 13.8. The molecule has 0 saturated carbocycles. The minimum absolute atomic E-state index is 0.367. The lowest BCUT2D eigenvalue weighted by Crippen LogP contribution is -2.32. The Hall–Kier alpha value is -1.95.